The first kappa shape index (κ1) is 20.9. The number of nitrogens with zero attached hydrogens (tertiary/aromatic N) is 3. The molecule has 0 amide bonds. The molecule has 2 aromatic carbocycles. The van der Waals surface area contributed by atoms with Gasteiger partial charge in [0.05, 0.1) is 18.3 Å². The highest BCUT2D eigenvalue weighted by molar-refractivity contribution is 5.92. The Labute approximate surface area is 189 Å². The largest absolute Gasteiger partial charge is 0.477 e. The third-order valence-electron chi connectivity index (χ3n) is 6.18. The number of benzene rings is 2. The molecular formula is C26H22FN3O3. The van der Waals surface area contributed by atoms with Gasteiger partial charge in [0, 0.05) is 17.3 Å². The topological polar surface area (TPSA) is 77.1 Å². The molecule has 1 aliphatic heterocycles. The maximum atomic E-state index is 15.7. The van der Waals surface area contributed by atoms with Crippen molar-refractivity contribution >= 4 is 5.97 Å². The maximum Gasteiger partial charge on any atom is 0.341 e. The SMILES string of the molecule is CC(C)[C@@H]1Cn2nc(-c3ccccc3)c(-c3ccccc3)c2-c2c(F)c(=O)c(C(=O)O)cn21. The molecule has 7 heteroatoms. The van der Waals surface area contributed by atoms with E-state index in [-0.39, 0.29) is 17.7 Å². The van der Waals surface area contributed by atoms with E-state index >= 15 is 4.39 Å². The van der Waals surface area contributed by atoms with Crippen LogP contribution in [0.1, 0.15) is 30.2 Å². The van der Waals surface area contributed by atoms with Crippen LogP contribution in [-0.4, -0.2) is 25.4 Å². The smallest absolute Gasteiger partial charge is 0.341 e. The summed E-state index contributed by atoms with van der Waals surface area (Å²) in [5.74, 6) is -2.47. The zero-order valence-corrected chi connectivity index (χ0v) is 18.2. The van der Waals surface area contributed by atoms with E-state index in [2.05, 4.69) is 0 Å². The van der Waals surface area contributed by atoms with Crippen molar-refractivity contribution in [2.75, 3.05) is 0 Å². The van der Waals surface area contributed by atoms with E-state index in [0.717, 1.165) is 11.1 Å². The van der Waals surface area contributed by atoms with Crippen molar-refractivity contribution in [2.45, 2.75) is 26.4 Å². The number of rotatable bonds is 4. The van der Waals surface area contributed by atoms with Gasteiger partial charge >= 0.3 is 5.97 Å². The van der Waals surface area contributed by atoms with Crippen LogP contribution >= 0.6 is 0 Å². The highest BCUT2D eigenvalue weighted by atomic mass is 19.1. The van der Waals surface area contributed by atoms with Crippen LogP contribution in [0.25, 0.3) is 33.8 Å². The molecule has 166 valence electrons. The van der Waals surface area contributed by atoms with Crippen molar-refractivity contribution in [3.63, 3.8) is 0 Å². The summed E-state index contributed by atoms with van der Waals surface area (Å²) in [6.07, 6.45) is 1.28. The summed E-state index contributed by atoms with van der Waals surface area (Å²) in [6, 6.07) is 18.9. The van der Waals surface area contributed by atoms with E-state index in [1.807, 2.05) is 74.5 Å². The minimum atomic E-state index is -1.44. The van der Waals surface area contributed by atoms with Gasteiger partial charge in [-0.3, -0.25) is 9.48 Å². The standard InChI is InChI=1S/C26H22FN3O3/c1-15(2)19-14-30-23(24-21(27)25(31)18(26(32)33)13-29(19)24)20(16-9-5-3-6-10-16)22(28-30)17-11-7-4-8-12-17/h3-13,15,19H,14H2,1-2H3,(H,32,33)/t19-/m0/s1. The molecule has 0 radical (unpaired) electrons. The van der Waals surface area contributed by atoms with Crippen LogP contribution in [0.5, 0.6) is 0 Å². The molecule has 2 aromatic heterocycles. The first-order valence-electron chi connectivity index (χ1n) is 10.8. The Kier molecular flexibility index (Phi) is 4.96. The van der Waals surface area contributed by atoms with Crippen molar-refractivity contribution in [1.29, 1.82) is 0 Å². The Morgan fingerprint density at radius 2 is 1.64 bits per heavy atom. The summed E-state index contributed by atoms with van der Waals surface area (Å²) < 4.78 is 19.1. The minimum Gasteiger partial charge on any atom is -0.477 e. The lowest BCUT2D eigenvalue weighted by Gasteiger charge is -2.33. The molecule has 0 spiro atoms. The second kappa shape index (κ2) is 7.85. The molecule has 33 heavy (non-hydrogen) atoms. The molecule has 0 saturated carbocycles. The fourth-order valence-corrected chi connectivity index (χ4v) is 4.55. The first-order chi connectivity index (χ1) is 15.9. The lowest BCUT2D eigenvalue weighted by molar-refractivity contribution is 0.0693. The Balaban J connectivity index is 1.91. The van der Waals surface area contributed by atoms with Crippen molar-refractivity contribution in [3.05, 3.63) is 88.5 Å². The predicted molar refractivity (Wildman–Crippen MR) is 124 cm³/mol. The molecule has 1 atom stereocenters. The van der Waals surface area contributed by atoms with Crippen LogP contribution in [0.2, 0.25) is 0 Å². The third kappa shape index (κ3) is 3.28. The normalized spacial score (nSPS) is 14.7. The van der Waals surface area contributed by atoms with Gasteiger partial charge in [0.1, 0.15) is 17.0 Å². The van der Waals surface area contributed by atoms with Crippen LogP contribution in [0.15, 0.2) is 71.7 Å². The number of carbonyl (C=O) groups is 1. The summed E-state index contributed by atoms with van der Waals surface area (Å²) in [4.78, 5) is 24.4. The van der Waals surface area contributed by atoms with Gasteiger partial charge in [-0.2, -0.15) is 5.10 Å². The fourth-order valence-electron chi connectivity index (χ4n) is 4.55. The van der Waals surface area contributed by atoms with E-state index in [4.69, 9.17) is 5.10 Å². The molecule has 0 saturated heterocycles. The zero-order valence-electron chi connectivity index (χ0n) is 18.2. The summed E-state index contributed by atoms with van der Waals surface area (Å²) in [5, 5.41) is 14.4. The Hall–Kier alpha value is -4.00. The van der Waals surface area contributed by atoms with Crippen molar-refractivity contribution in [3.8, 4) is 33.8 Å². The van der Waals surface area contributed by atoms with E-state index in [1.54, 1.807) is 9.25 Å². The maximum absolute atomic E-state index is 15.7. The monoisotopic (exact) mass is 443 g/mol. The number of carboxylic acids is 1. The van der Waals surface area contributed by atoms with E-state index in [1.165, 1.54) is 6.20 Å². The van der Waals surface area contributed by atoms with Crippen LogP contribution in [0.4, 0.5) is 4.39 Å². The Bertz CT molecular complexity index is 1420. The lowest BCUT2D eigenvalue weighted by Crippen LogP contribution is -2.33. The molecule has 1 N–H and O–H groups in total. The van der Waals surface area contributed by atoms with E-state index in [9.17, 15) is 14.7 Å². The molecule has 4 aromatic rings. The first-order valence-corrected chi connectivity index (χ1v) is 10.8. The van der Waals surface area contributed by atoms with Crippen molar-refractivity contribution < 1.29 is 14.3 Å². The molecule has 0 aliphatic carbocycles. The molecule has 5 rings (SSSR count). The van der Waals surface area contributed by atoms with Crippen LogP contribution in [0.3, 0.4) is 0 Å². The minimum absolute atomic E-state index is 0.0463. The number of hydrogen-bond acceptors (Lipinski definition) is 3. The second-order valence-electron chi connectivity index (χ2n) is 8.54. The molecular weight excluding hydrogens is 421 g/mol. The molecule has 0 bridgehead atoms. The highest BCUT2D eigenvalue weighted by Gasteiger charge is 2.36. The zero-order chi connectivity index (χ0) is 23.3. The Morgan fingerprint density at radius 1 is 1.03 bits per heavy atom. The fraction of sp³-hybridized carbons (Fsp3) is 0.192. The molecule has 1 aliphatic rings. The number of hydrogen-bond donors (Lipinski definition) is 1. The molecule has 3 heterocycles. The van der Waals surface area contributed by atoms with Gasteiger partial charge in [0.15, 0.2) is 5.82 Å². The summed E-state index contributed by atoms with van der Waals surface area (Å²) in [5.41, 5.74) is 1.95. The van der Waals surface area contributed by atoms with Gasteiger partial charge < -0.3 is 9.67 Å². The van der Waals surface area contributed by atoms with Gasteiger partial charge in [-0.15, -0.1) is 0 Å². The van der Waals surface area contributed by atoms with Crippen LogP contribution < -0.4 is 5.43 Å². The van der Waals surface area contributed by atoms with Crippen LogP contribution in [-0.2, 0) is 6.54 Å². The molecule has 0 unspecified atom stereocenters. The number of fused-ring (bicyclic) bond motifs is 3. The second-order valence-corrected chi connectivity index (χ2v) is 8.54. The summed E-state index contributed by atoms with van der Waals surface area (Å²) >= 11 is 0. The van der Waals surface area contributed by atoms with Gasteiger partial charge in [-0.05, 0) is 11.5 Å². The quantitative estimate of drug-likeness (QED) is 0.476. The van der Waals surface area contributed by atoms with E-state index < -0.39 is 22.8 Å². The van der Waals surface area contributed by atoms with Crippen molar-refractivity contribution in [2.24, 2.45) is 5.92 Å². The lowest BCUT2D eigenvalue weighted by atomic mass is 9.94. The third-order valence-corrected chi connectivity index (χ3v) is 6.18. The number of aromatic nitrogens is 3. The summed E-state index contributed by atoms with van der Waals surface area (Å²) in [7, 11) is 0. The van der Waals surface area contributed by atoms with Gasteiger partial charge in [0.2, 0.25) is 5.43 Å². The van der Waals surface area contributed by atoms with Gasteiger partial charge in [0.25, 0.3) is 0 Å². The average molecular weight is 443 g/mol. The number of pyridine rings is 1. The summed E-state index contributed by atoms with van der Waals surface area (Å²) in [6.45, 7) is 4.39. The number of halogens is 1. The molecule has 6 nitrogen and oxygen atoms in total. The number of carboxylic acid groups (broad SMARTS) is 1. The Morgan fingerprint density at radius 3 is 2.21 bits per heavy atom. The highest BCUT2D eigenvalue weighted by Crippen LogP contribution is 2.44. The van der Waals surface area contributed by atoms with Crippen molar-refractivity contribution in [1.82, 2.24) is 14.3 Å². The predicted octanol–water partition coefficient (Wildman–Crippen LogP) is 5.09. The molecule has 0 fully saturated rings. The van der Waals surface area contributed by atoms with Crippen LogP contribution in [0, 0.1) is 11.7 Å². The van der Waals surface area contributed by atoms with Gasteiger partial charge in [-0.1, -0.05) is 74.5 Å². The van der Waals surface area contributed by atoms with Gasteiger partial charge in [-0.25, -0.2) is 9.18 Å². The van der Waals surface area contributed by atoms with E-state index in [0.29, 0.717) is 23.5 Å². The number of aromatic carboxylic acids is 1. The average Bonchev–Trinajstić information content (AvgIpc) is 3.20.